The Bertz CT molecular complexity index is 549. The number of sulfonamides is 1. The first-order chi connectivity index (χ1) is 9.35. The van der Waals surface area contributed by atoms with Gasteiger partial charge < -0.3 is 10.3 Å². The minimum Gasteiger partial charge on any atom is -0.363 e. The summed E-state index contributed by atoms with van der Waals surface area (Å²) in [6.45, 7) is 8.56. The lowest BCUT2D eigenvalue weighted by Crippen LogP contribution is -2.26. The highest BCUT2D eigenvalue weighted by molar-refractivity contribution is 7.89. The molecule has 1 aliphatic rings. The van der Waals surface area contributed by atoms with Crippen LogP contribution in [0.3, 0.4) is 0 Å². The third-order valence-corrected chi connectivity index (χ3v) is 5.41. The molecule has 0 amide bonds. The minimum atomic E-state index is -3.38. The van der Waals surface area contributed by atoms with Gasteiger partial charge in [0, 0.05) is 25.0 Å². The van der Waals surface area contributed by atoms with Gasteiger partial charge in [0.15, 0.2) is 0 Å². The summed E-state index contributed by atoms with van der Waals surface area (Å²) >= 11 is 0. The summed E-state index contributed by atoms with van der Waals surface area (Å²) in [4.78, 5) is 3.33. The van der Waals surface area contributed by atoms with Crippen molar-refractivity contribution in [2.75, 3.05) is 13.1 Å². The molecule has 1 unspecified atom stereocenters. The Balaban J connectivity index is 1.89. The van der Waals surface area contributed by atoms with Crippen molar-refractivity contribution in [3.05, 3.63) is 18.0 Å². The maximum Gasteiger partial charge on any atom is 0.242 e. The highest BCUT2D eigenvalue weighted by Crippen LogP contribution is 2.51. The van der Waals surface area contributed by atoms with E-state index in [-0.39, 0.29) is 5.41 Å². The molecule has 0 bridgehead atoms. The van der Waals surface area contributed by atoms with E-state index in [9.17, 15) is 8.42 Å². The lowest BCUT2D eigenvalue weighted by molar-refractivity contribution is 0.537. The van der Waals surface area contributed by atoms with Crippen molar-refractivity contribution >= 4 is 10.0 Å². The first kappa shape index (κ1) is 15.5. The first-order valence-electron chi connectivity index (χ1n) is 7.23. The van der Waals surface area contributed by atoms with E-state index in [0.717, 1.165) is 25.1 Å². The number of hydrogen-bond acceptors (Lipinski definition) is 3. The minimum absolute atomic E-state index is 0.288. The molecule has 0 aromatic carbocycles. The second-order valence-electron chi connectivity index (χ2n) is 6.28. The summed E-state index contributed by atoms with van der Waals surface area (Å²) in [5.41, 5.74) is 1.18. The fraction of sp³-hybridized carbons (Fsp3) is 0.714. The Labute approximate surface area is 121 Å². The van der Waals surface area contributed by atoms with Crippen LogP contribution in [0.15, 0.2) is 17.2 Å². The van der Waals surface area contributed by atoms with E-state index in [2.05, 4.69) is 35.8 Å². The van der Waals surface area contributed by atoms with E-state index in [1.165, 1.54) is 0 Å². The summed E-state index contributed by atoms with van der Waals surface area (Å²) < 4.78 is 27.0. The van der Waals surface area contributed by atoms with E-state index >= 15 is 0 Å². The van der Waals surface area contributed by atoms with E-state index in [1.54, 1.807) is 12.3 Å². The van der Waals surface area contributed by atoms with Crippen molar-refractivity contribution in [2.24, 2.45) is 11.3 Å². The SMILES string of the molecule is CCCNCc1cc(S(=O)(=O)NCC2CC2(C)C)c[nH]1. The molecule has 0 saturated heterocycles. The van der Waals surface area contributed by atoms with Gasteiger partial charge in [0.25, 0.3) is 0 Å². The average Bonchev–Trinajstić information content (AvgIpc) is 2.77. The molecule has 0 radical (unpaired) electrons. The molecule has 0 spiro atoms. The standard InChI is InChI=1S/C14H25N3O2S/c1-4-5-15-9-12-6-13(10-16-12)20(18,19)17-8-11-7-14(11,2)3/h6,10-11,15-17H,4-5,7-9H2,1-3H3. The maximum absolute atomic E-state index is 12.2. The molecule has 1 aromatic rings. The summed E-state index contributed by atoms with van der Waals surface area (Å²) in [5.74, 6) is 0.460. The fourth-order valence-electron chi connectivity index (χ4n) is 2.29. The molecular weight excluding hydrogens is 274 g/mol. The number of hydrogen-bond donors (Lipinski definition) is 3. The van der Waals surface area contributed by atoms with Gasteiger partial charge in [0.1, 0.15) is 0 Å². The summed E-state index contributed by atoms with van der Waals surface area (Å²) in [5, 5.41) is 3.24. The van der Waals surface area contributed by atoms with Crippen molar-refractivity contribution in [1.82, 2.24) is 15.0 Å². The van der Waals surface area contributed by atoms with Crippen molar-refractivity contribution in [1.29, 1.82) is 0 Å². The van der Waals surface area contributed by atoms with Gasteiger partial charge in [-0.3, -0.25) is 0 Å². The highest BCUT2D eigenvalue weighted by Gasteiger charge is 2.45. The molecule has 1 aliphatic carbocycles. The van der Waals surface area contributed by atoms with Crippen LogP contribution >= 0.6 is 0 Å². The molecule has 1 fully saturated rings. The van der Waals surface area contributed by atoms with Gasteiger partial charge in [-0.2, -0.15) is 0 Å². The van der Waals surface area contributed by atoms with Gasteiger partial charge in [0.05, 0.1) is 4.90 Å². The third-order valence-electron chi connectivity index (χ3n) is 4.01. The molecule has 114 valence electrons. The van der Waals surface area contributed by atoms with Crippen LogP contribution in [0.2, 0.25) is 0 Å². The molecule has 6 heteroatoms. The summed E-state index contributed by atoms with van der Waals surface area (Å²) in [6.07, 6.45) is 3.71. The van der Waals surface area contributed by atoms with Crippen LogP contribution in [-0.2, 0) is 16.6 Å². The molecule has 2 rings (SSSR count). The molecule has 1 saturated carbocycles. The first-order valence-corrected chi connectivity index (χ1v) is 8.71. The quantitative estimate of drug-likeness (QED) is 0.641. The Morgan fingerprint density at radius 1 is 1.45 bits per heavy atom. The smallest absolute Gasteiger partial charge is 0.242 e. The van der Waals surface area contributed by atoms with Crippen molar-refractivity contribution < 1.29 is 8.42 Å². The van der Waals surface area contributed by atoms with E-state index in [1.807, 2.05) is 0 Å². The summed E-state index contributed by atoms with van der Waals surface area (Å²) in [7, 11) is -3.38. The number of aromatic nitrogens is 1. The second-order valence-corrected chi connectivity index (χ2v) is 8.05. The molecule has 3 N–H and O–H groups in total. The van der Waals surface area contributed by atoms with Gasteiger partial charge in [-0.25, -0.2) is 13.1 Å². The predicted octanol–water partition coefficient (Wildman–Crippen LogP) is 1.84. The molecule has 20 heavy (non-hydrogen) atoms. The van der Waals surface area contributed by atoms with Crippen LogP contribution in [-0.4, -0.2) is 26.5 Å². The van der Waals surface area contributed by atoms with Gasteiger partial charge >= 0.3 is 0 Å². The fourth-order valence-corrected chi connectivity index (χ4v) is 3.39. The molecule has 5 nitrogen and oxygen atoms in total. The van der Waals surface area contributed by atoms with Crippen LogP contribution in [0, 0.1) is 11.3 Å². The highest BCUT2D eigenvalue weighted by atomic mass is 32.2. The Hall–Kier alpha value is -0.850. The normalized spacial score (nSPS) is 21.1. The molecule has 1 aromatic heterocycles. The van der Waals surface area contributed by atoms with Crippen molar-refractivity contribution in [3.8, 4) is 0 Å². The van der Waals surface area contributed by atoms with E-state index in [4.69, 9.17) is 0 Å². The topological polar surface area (TPSA) is 74.0 Å². The van der Waals surface area contributed by atoms with Gasteiger partial charge in [-0.05, 0) is 36.8 Å². The average molecular weight is 299 g/mol. The van der Waals surface area contributed by atoms with Gasteiger partial charge in [-0.1, -0.05) is 20.8 Å². The molecule has 1 heterocycles. The molecule has 1 atom stereocenters. The largest absolute Gasteiger partial charge is 0.363 e. The van der Waals surface area contributed by atoms with Crippen LogP contribution in [0.25, 0.3) is 0 Å². The molecular formula is C14H25N3O2S. The Kier molecular flexibility index (Phi) is 4.56. The van der Waals surface area contributed by atoms with Crippen LogP contribution < -0.4 is 10.0 Å². The molecule has 0 aliphatic heterocycles. The number of nitrogens with one attached hydrogen (secondary N) is 3. The lowest BCUT2D eigenvalue weighted by atomic mass is 10.1. The third kappa shape index (κ3) is 3.84. The zero-order valence-electron chi connectivity index (χ0n) is 12.5. The summed E-state index contributed by atoms with van der Waals surface area (Å²) in [6, 6.07) is 1.70. The van der Waals surface area contributed by atoms with Gasteiger partial charge in [0.2, 0.25) is 10.0 Å². The van der Waals surface area contributed by atoms with E-state index in [0.29, 0.717) is 23.9 Å². The van der Waals surface area contributed by atoms with Crippen molar-refractivity contribution in [3.63, 3.8) is 0 Å². The monoisotopic (exact) mass is 299 g/mol. The zero-order valence-corrected chi connectivity index (χ0v) is 13.3. The van der Waals surface area contributed by atoms with E-state index < -0.39 is 10.0 Å². The maximum atomic E-state index is 12.2. The Morgan fingerprint density at radius 3 is 2.75 bits per heavy atom. The van der Waals surface area contributed by atoms with Crippen LogP contribution in [0.4, 0.5) is 0 Å². The number of aromatic amines is 1. The van der Waals surface area contributed by atoms with Crippen LogP contribution in [0.1, 0.15) is 39.3 Å². The zero-order chi connectivity index (χ0) is 14.8. The predicted molar refractivity (Wildman–Crippen MR) is 79.9 cm³/mol. The van der Waals surface area contributed by atoms with Crippen molar-refractivity contribution in [2.45, 2.75) is 45.1 Å². The number of H-pyrrole nitrogens is 1. The lowest BCUT2D eigenvalue weighted by Gasteiger charge is -2.06. The Morgan fingerprint density at radius 2 is 2.15 bits per heavy atom. The number of rotatable bonds is 8. The van der Waals surface area contributed by atoms with Gasteiger partial charge in [-0.15, -0.1) is 0 Å². The second kappa shape index (κ2) is 5.87. The van der Waals surface area contributed by atoms with Crippen LogP contribution in [0.5, 0.6) is 0 Å².